The van der Waals surface area contributed by atoms with Gasteiger partial charge in [0.25, 0.3) is 0 Å². The van der Waals surface area contributed by atoms with E-state index in [-0.39, 0.29) is 23.7 Å². The summed E-state index contributed by atoms with van der Waals surface area (Å²) in [6.07, 6.45) is 1.86. The minimum Gasteiger partial charge on any atom is -0.493 e. The van der Waals surface area contributed by atoms with Crippen molar-refractivity contribution in [3.8, 4) is 16.9 Å². The molecule has 0 aliphatic carbocycles. The van der Waals surface area contributed by atoms with Crippen LogP contribution >= 0.6 is 23.2 Å². The van der Waals surface area contributed by atoms with E-state index in [9.17, 15) is 4.79 Å². The lowest BCUT2D eigenvalue weighted by Gasteiger charge is -2.44. The molecule has 0 saturated carbocycles. The Kier molecular flexibility index (Phi) is 5.77. The average Bonchev–Trinajstić information content (AvgIpc) is 2.78. The van der Waals surface area contributed by atoms with Gasteiger partial charge in [0.05, 0.1) is 22.7 Å². The predicted molar refractivity (Wildman–Crippen MR) is 126 cm³/mol. The Balaban J connectivity index is 1.36. The molecule has 7 heteroatoms. The topological polar surface area (TPSA) is 50.8 Å². The number of benzene rings is 2. The third-order valence-corrected chi connectivity index (χ3v) is 7.81. The molecule has 1 amide bonds. The van der Waals surface area contributed by atoms with Crippen molar-refractivity contribution in [1.82, 2.24) is 10.2 Å². The van der Waals surface area contributed by atoms with Crippen LogP contribution in [0, 0.1) is 11.3 Å². The number of nitrogens with zero attached hydrogens (tertiary/aromatic N) is 1. The summed E-state index contributed by atoms with van der Waals surface area (Å²) >= 11 is 12.3. The maximum Gasteiger partial charge on any atom is 0.407 e. The van der Waals surface area contributed by atoms with Gasteiger partial charge >= 0.3 is 6.09 Å². The standard InChI is InChI=1S/C25H28Cl2N2O3/c1-25(2)14-31-21-12-17(16-4-6-19(26)20(27)11-16)3-5-18(21)23(25)28-24(30)32-22-13-29-9-7-15(22)8-10-29/h3-6,11-12,15,22-23H,7-10,13-14H2,1-2H3,(H,28,30)/t22-,23?/m1/s1. The van der Waals surface area contributed by atoms with Gasteiger partial charge < -0.3 is 14.8 Å². The van der Waals surface area contributed by atoms with Gasteiger partial charge in [-0.15, -0.1) is 0 Å². The Bertz CT molecular complexity index is 1030. The number of carbonyl (C=O) groups is 1. The Hall–Kier alpha value is -1.95. The Morgan fingerprint density at radius 3 is 2.50 bits per heavy atom. The first-order chi connectivity index (χ1) is 15.3. The molecular weight excluding hydrogens is 447 g/mol. The highest BCUT2D eigenvalue weighted by Gasteiger charge is 2.41. The van der Waals surface area contributed by atoms with Crippen LogP contribution in [0.5, 0.6) is 5.75 Å². The number of amides is 1. The van der Waals surface area contributed by atoms with Crippen molar-refractivity contribution < 1.29 is 14.3 Å². The highest BCUT2D eigenvalue weighted by molar-refractivity contribution is 6.42. The van der Waals surface area contributed by atoms with Gasteiger partial charge in [0.1, 0.15) is 11.9 Å². The van der Waals surface area contributed by atoms with Gasteiger partial charge in [-0.25, -0.2) is 4.79 Å². The van der Waals surface area contributed by atoms with E-state index in [4.69, 9.17) is 32.7 Å². The van der Waals surface area contributed by atoms with Crippen molar-refractivity contribution in [3.05, 3.63) is 52.0 Å². The zero-order valence-corrected chi connectivity index (χ0v) is 19.9. The van der Waals surface area contributed by atoms with Gasteiger partial charge in [0, 0.05) is 17.5 Å². The zero-order chi connectivity index (χ0) is 22.5. The first-order valence-corrected chi connectivity index (χ1v) is 12.0. The van der Waals surface area contributed by atoms with Crippen LogP contribution in [0.4, 0.5) is 4.79 Å². The number of rotatable bonds is 3. The molecule has 0 aromatic heterocycles. The quantitative estimate of drug-likeness (QED) is 0.597. The van der Waals surface area contributed by atoms with E-state index < -0.39 is 0 Å². The number of hydrogen-bond donors (Lipinski definition) is 1. The summed E-state index contributed by atoms with van der Waals surface area (Å²) in [7, 11) is 0. The SMILES string of the molecule is CC1(C)COc2cc(-c3ccc(Cl)c(Cl)c3)ccc2C1NC(=O)O[C@@H]1CN2CCC1CC2. The molecule has 2 atom stereocenters. The van der Waals surface area contributed by atoms with Gasteiger partial charge in [0.2, 0.25) is 0 Å². The number of fused-ring (bicyclic) bond motifs is 4. The first kappa shape index (κ1) is 21.9. The van der Waals surface area contributed by atoms with Crippen molar-refractivity contribution in [1.29, 1.82) is 0 Å². The van der Waals surface area contributed by atoms with Gasteiger partial charge in [-0.1, -0.05) is 55.2 Å². The fraction of sp³-hybridized carbons (Fsp3) is 0.480. The Labute approximate surface area is 199 Å². The van der Waals surface area contributed by atoms with Gasteiger partial charge in [-0.05, 0) is 61.2 Å². The maximum atomic E-state index is 12.9. The number of ether oxygens (including phenoxy) is 2. The third-order valence-electron chi connectivity index (χ3n) is 7.08. The molecule has 1 unspecified atom stereocenters. The van der Waals surface area contributed by atoms with E-state index in [0.29, 0.717) is 22.6 Å². The smallest absolute Gasteiger partial charge is 0.407 e. The van der Waals surface area contributed by atoms with Crippen LogP contribution in [0.15, 0.2) is 36.4 Å². The van der Waals surface area contributed by atoms with Crippen molar-refractivity contribution >= 4 is 29.3 Å². The molecule has 2 aromatic carbocycles. The molecule has 6 rings (SSSR count). The van der Waals surface area contributed by atoms with Crippen LogP contribution in [0.25, 0.3) is 11.1 Å². The van der Waals surface area contributed by atoms with Crippen molar-refractivity contribution in [2.45, 2.75) is 38.8 Å². The largest absolute Gasteiger partial charge is 0.493 e. The number of nitrogens with one attached hydrogen (secondary N) is 1. The van der Waals surface area contributed by atoms with Crippen LogP contribution in [0.2, 0.25) is 10.0 Å². The molecular formula is C25H28Cl2N2O3. The van der Waals surface area contributed by atoms with Crippen molar-refractivity contribution in [2.24, 2.45) is 11.3 Å². The first-order valence-electron chi connectivity index (χ1n) is 11.2. The molecule has 4 aliphatic heterocycles. The molecule has 1 N–H and O–H groups in total. The average molecular weight is 475 g/mol. The second kappa shape index (κ2) is 8.44. The van der Waals surface area contributed by atoms with E-state index in [2.05, 4.69) is 24.1 Å². The van der Waals surface area contributed by atoms with E-state index in [0.717, 1.165) is 54.9 Å². The fourth-order valence-corrected chi connectivity index (χ4v) is 5.43. The van der Waals surface area contributed by atoms with Crippen LogP contribution < -0.4 is 10.1 Å². The molecule has 4 aliphatic rings. The number of hydrogen-bond acceptors (Lipinski definition) is 4. The molecule has 0 radical (unpaired) electrons. The van der Waals surface area contributed by atoms with Gasteiger partial charge in [-0.3, -0.25) is 4.90 Å². The molecule has 3 saturated heterocycles. The highest BCUT2D eigenvalue weighted by atomic mass is 35.5. The molecule has 2 aromatic rings. The van der Waals surface area contributed by atoms with Gasteiger partial charge in [-0.2, -0.15) is 0 Å². The summed E-state index contributed by atoms with van der Waals surface area (Å²) in [4.78, 5) is 15.3. The number of alkyl carbamates (subject to hydrolysis) is 1. The predicted octanol–water partition coefficient (Wildman–Crippen LogP) is 5.94. The summed E-state index contributed by atoms with van der Waals surface area (Å²) < 4.78 is 12.0. The number of piperidine rings is 3. The lowest BCUT2D eigenvalue weighted by atomic mass is 9.78. The summed E-state index contributed by atoms with van der Waals surface area (Å²) in [5.74, 6) is 1.25. The minimum atomic E-state index is -0.344. The lowest BCUT2D eigenvalue weighted by Crippen LogP contribution is -2.53. The number of halogens is 2. The molecule has 170 valence electrons. The Morgan fingerprint density at radius 1 is 1.09 bits per heavy atom. The second-order valence-electron chi connectivity index (χ2n) is 9.82. The van der Waals surface area contributed by atoms with Crippen molar-refractivity contribution in [3.63, 3.8) is 0 Å². The van der Waals surface area contributed by atoms with Crippen LogP contribution in [0.3, 0.4) is 0 Å². The van der Waals surface area contributed by atoms with E-state index >= 15 is 0 Å². The summed E-state index contributed by atoms with van der Waals surface area (Å²) in [6, 6.07) is 11.4. The second-order valence-corrected chi connectivity index (χ2v) is 10.6. The molecule has 2 bridgehead atoms. The molecule has 5 nitrogen and oxygen atoms in total. The minimum absolute atomic E-state index is 0.0167. The Morgan fingerprint density at radius 2 is 1.81 bits per heavy atom. The van der Waals surface area contributed by atoms with Gasteiger partial charge in [0.15, 0.2) is 0 Å². The normalized spacial score (nSPS) is 27.9. The third kappa shape index (κ3) is 4.18. The monoisotopic (exact) mass is 474 g/mol. The fourth-order valence-electron chi connectivity index (χ4n) is 5.13. The van der Waals surface area contributed by atoms with Crippen LogP contribution in [-0.4, -0.2) is 43.3 Å². The zero-order valence-electron chi connectivity index (χ0n) is 18.4. The van der Waals surface area contributed by atoms with E-state index in [1.165, 1.54) is 0 Å². The van der Waals surface area contributed by atoms with Crippen molar-refractivity contribution in [2.75, 3.05) is 26.2 Å². The number of carbonyl (C=O) groups excluding carboxylic acids is 1. The maximum absolute atomic E-state index is 12.9. The molecule has 32 heavy (non-hydrogen) atoms. The molecule has 4 heterocycles. The summed E-state index contributed by atoms with van der Waals surface area (Å²) in [6.45, 7) is 7.78. The van der Waals surface area contributed by atoms with Crippen LogP contribution in [0.1, 0.15) is 38.3 Å². The van der Waals surface area contributed by atoms with E-state index in [1.54, 1.807) is 6.07 Å². The summed E-state index contributed by atoms with van der Waals surface area (Å²) in [5.41, 5.74) is 2.63. The molecule has 0 spiro atoms. The van der Waals surface area contributed by atoms with Crippen LogP contribution in [-0.2, 0) is 4.74 Å². The lowest BCUT2D eigenvalue weighted by molar-refractivity contribution is -0.0361. The molecule has 3 fully saturated rings. The van der Waals surface area contributed by atoms with E-state index in [1.807, 2.05) is 30.3 Å². The summed E-state index contributed by atoms with van der Waals surface area (Å²) in [5, 5.41) is 4.19. The highest BCUT2D eigenvalue weighted by Crippen LogP contribution is 2.44.